The number of benzene rings is 3. The summed E-state index contributed by atoms with van der Waals surface area (Å²) in [6.45, 7) is 2.62. The molecular weight excluding hydrogens is 510 g/mol. The highest BCUT2D eigenvalue weighted by Gasteiger charge is 2.30. The third-order valence-corrected chi connectivity index (χ3v) is 6.82. The summed E-state index contributed by atoms with van der Waals surface area (Å²) in [5, 5.41) is 9.81. The Labute approximate surface area is 214 Å². The van der Waals surface area contributed by atoms with Gasteiger partial charge in [-0.3, -0.25) is 4.90 Å². The van der Waals surface area contributed by atoms with Crippen molar-refractivity contribution in [1.82, 2.24) is 4.90 Å². The summed E-state index contributed by atoms with van der Waals surface area (Å²) in [5.74, 6) is -0.877. The van der Waals surface area contributed by atoms with E-state index >= 15 is 0 Å². The van der Waals surface area contributed by atoms with Crippen LogP contribution in [0.3, 0.4) is 0 Å². The minimum absolute atomic E-state index is 0.00909. The van der Waals surface area contributed by atoms with Crippen molar-refractivity contribution in [3.8, 4) is 5.75 Å². The van der Waals surface area contributed by atoms with Crippen molar-refractivity contribution in [3.63, 3.8) is 0 Å². The Balaban J connectivity index is 1.71. The molecule has 0 heterocycles. The van der Waals surface area contributed by atoms with Gasteiger partial charge in [0.25, 0.3) is 0 Å². The van der Waals surface area contributed by atoms with E-state index in [9.17, 15) is 31.1 Å². The van der Waals surface area contributed by atoms with Gasteiger partial charge >= 0.3 is 6.18 Å². The molecule has 0 aliphatic rings. The van der Waals surface area contributed by atoms with Gasteiger partial charge in [0, 0.05) is 37.5 Å². The van der Waals surface area contributed by atoms with Gasteiger partial charge in [-0.1, -0.05) is 48.5 Å². The van der Waals surface area contributed by atoms with E-state index in [2.05, 4.69) is 0 Å². The van der Waals surface area contributed by atoms with Gasteiger partial charge in [0.1, 0.15) is 11.6 Å². The smallest absolute Gasteiger partial charge is 0.416 e. The average Bonchev–Trinajstić information content (AvgIpc) is 2.81. The number of hydrogen-bond acceptors (Lipinski definition) is 5. The van der Waals surface area contributed by atoms with Crippen LogP contribution in [0.15, 0.2) is 71.6 Å². The van der Waals surface area contributed by atoms with Crippen molar-refractivity contribution in [2.45, 2.75) is 43.6 Å². The summed E-state index contributed by atoms with van der Waals surface area (Å²) in [7, 11) is -3.82. The molecule has 0 saturated heterocycles. The Morgan fingerprint density at radius 3 is 2.24 bits per heavy atom. The summed E-state index contributed by atoms with van der Waals surface area (Å²) in [4.78, 5) is 1.64. The van der Waals surface area contributed by atoms with Crippen LogP contribution in [0, 0.1) is 5.82 Å². The summed E-state index contributed by atoms with van der Waals surface area (Å²) >= 11 is 0. The van der Waals surface area contributed by atoms with Crippen molar-refractivity contribution in [1.29, 1.82) is 0 Å². The highest BCUT2D eigenvalue weighted by molar-refractivity contribution is 7.90. The second kappa shape index (κ2) is 12.1. The topological polar surface area (TPSA) is 66.8 Å². The second-order valence-corrected chi connectivity index (χ2v) is 10.8. The van der Waals surface area contributed by atoms with Crippen molar-refractivity contribution in [3.05, 3.63) is 94.8 Å². The van der Waals surface area contributed by atoms with Crippen LogP contribution in [-0.2, 0) is 29.1 Å². The zero-order valence-electron chi connectivity index (χ0n) is 20.5. The maximum atomic E-state index is 14.5. The number of sulfone groups is 1. The summed E-state index contributed by atoms with van der Waals surface area (Å²) in [6.07, 6.45) is -4.38. The van der Waals surface area contributed by atoms with E-state index in [0.717, 1.165) is 30.0 Å². The van der Waals surface area contributed by atoms with Crippen molar-refractivity contribution < 1.29 is 35.8 Å². The van der Waals surface area contributed by atoms with E-state index < -0.39 is 33.5 Å². The maximum Gasteiger partial charge on any atom is 0.416 e. The van der Waals surface area contributed by atoms with Crippen molar-refractivity contribution >= 4 is 9.84 Å². The van der Waals surface area contributed by atoms with Crippen LogP contribution < -0.4 is 4.74 Å². The Morgan fingerprint density at radius 2 is 1.62 bits per heavy atom. The molecule has 0 radical (unpaired) electrons. The zero-order valence-corrected chi connectivity index (χ0v) is 21.3. The van der Waals surface area contributed by atoms with Gasteiger partial charge in [0.2, 0.25) is 0 Å². The zero-order chi connectivity index (χ0) is 27.2. The van der Waals surface area contributed by atoms with Crippen LogP contribution in [0.5, 0.6) is 5.75 Å². The Morgan fingerprint density at radius 1 is 0.973 bits per heavy atom. The molecule has 0 aliphatic heterocycles. The molecule has 1 atom stereocenters. The van der Waals surface area contributed by atoms with Crippen LogP contribution in [0.1, 0.15) is 41.7 Å². The van der Waals surface area contributed by atoms with Gasteiger partial charge in [0.15, 0.2) is 9.84 Å². The molecule has 0 fully saturated rings. The van der Waals surface area contributed by atoms with Gasteiger partial charge in [-0.05, 0) is 36.6 Å². The van der Waals surface area contributed by atoms with Crippen LogP contribution in [0.2, 0.25) is 0 Å². The van der Waals surface area contributed by atoms with Crippen LogP contribution in [0.25, 0.3) is 0 Å². The quantitative estimate of drug-likeness (QED) is 0.248. The van der Waals surface area contributed by atoms with E-state index in [1.165, 1.54) is 19.1 Å². The fraction of sp³-hybridized carbons (Fsp3) is 0.333. The van der Waals surface area contributed by atoms with E-state index in [1.807, 2.05) is 35.2 Å². The average molecular weight is 540 g/mol. The molecule has 0 aromatic heterocycles. The SMILES string of the molecule is CC(O)c1c(F)cc(OCCCN(Cc2ccccc2)Cc2cccc(C(F)(F)F)c2)cc1S(C)(=O)=O. The fourth-order valence-electron chi connectivity index (χ4n) is 4.00. The molecule has 0 aliphatic carbocycles. The number of aliphatic hydroxyl groups excluding tert-OH is 1. The largest absolute Gasteiger partial charge is 0.493 e. The first-order valence-corrected chi connectivity index (χ1v) is 13.5. The van der Waals surface area contributed by atoms with Crippen LogP contribution in [0.4, 0.5) is 17.6 Å². The monoisotopic (exact) mass is 539 g/mol. The first-order chi connectivity index (χ1) is 17.3. The van der Waals surface area contributed by atoms with Crippen LogP contribution >= 0.6 is 0 Å². The Bertz CT molecular complexity index is 1300. The minimum atomic E-state index is -4.43. The maximum absolute atomic E-state index is 14.5. The molecule has 0 saturated carbocycles. The molecule has 1 N–H and O–H groups in total. The van der Waals surface area contributed by atoms with Gasteiger partial charge < -0.3 is 9.84 Å². The normalized spacial score (nSPS) is 13.1. The lowest BCUT2D eigenvalue weighted by Crippen LogP contribution is -2.25. The van der Waals surface area contributed by atoms with Gasteiger partial charge in [-0.25, -0.2) is 12.8 Å². The number of hydrogen-bond donors (Lipinski definition) is 1. The highest BCUT2D eigenvalue weighted by atomic mass is 32.2. The summed E-state index contributed by atoms with van der Waals surface area (Å²) in [6, 6.07) is 16.9. The van der Waals surface area contributed by atoms with Crippen molar-refractivity contribution in [2.24, 2.45) is 0 Å². The predicted molar refractivity (Wildman–Crippen MR) is 132 cm³/mol. The van der Waals surface area contributed by atoms with E-state index in [-0.39, 0.29) is 29.4 Å². The molecule has 37 heavy (non-hydrogen) atoms. The summed E-state index contributed by atoms with van der Waals surface area (Å²) < 4.78 is 83.8. The number of ether oxygens (including phenoxy) is 1. The minimum Gasteiger partial charge on any atom is -0.493 e. The number of halogens is 4. The number of nitrogens with zero attached hydrogens (tertiary/aromatic N) is 1. The Kier molecular flexibility index (Phi) is 9.33. The lowest BCUT2D eigenvalue weighted by molar-refractivity contribution is -0.137. The standard InChI is InChI=1S/C27H29F4NO4S/c1-19(33)26-24(28)15-23(16-25(26)37(2,34)35)36-13-7-12-32(17-20-8-4-3-5-9-20)18-21-10-6-11-22(14-21)27(29,30)31/h3-6,8-11,14-16,19,33H,7,12-13,17-18H2,1-2H3. The first-order valence-electron chi connectivity index (χ1n) is 11.6. The lowest BCUT2D eigenvalue weighted by atomic mass is 10.1. The number of rotatable bonds is 11. The molecule has 0 spiro atoms. The fourth-order valence-corrected chi connectivity index (χ4v) is 5.00. The molecule has 1 unspecified atom stereocenters. The molecule has 0 amide bonds. The van der Waals surface area contributed by atoms with Gasteiger partial charge in [-0.2, -0.15) is 13.2 Å². The van der Waals surface area contributed by atoms with Crippen LogP contribution in [-0.4, -0.2) is 37.8 Å². The molecule has 5 nitrogen and oxygen atoms in total. The predicted octanol–water partition coefficient (Wildman–Crippen LogP) is 5.77. The lowest BCUT2D eigenvalue weighted by Gasteiger charge is -2.23. The Hall–Kier alpha value is -2.95. The van der Waals surface area contributed by atoms with E-state index in [4.69, 9.17) is 4.74 Å². The molecule has 200 valence electrons. The highest BCUT2D eigenvalue weighted by Crippen LogP contribution is 2.31. The molecule has 3 aromatic rings. The van der Waals surface area contributed by atoms with E-state index in [1.54, 1.807) is 6.07 Å². The third kappa shape index (κ3) is 8.28. The van der Waals surface area contributed by atoms with E-state index in [0.29, 0.717) is 25.1 Å². The first kappa shape index (κ1) is 28.6. The number of aliphatic hydroxyl groups is 1. The third-order valence-electron chi connectivity index (χ3n) is 5.68. The van der Waals surface area contributed by atoms with Gasteiger partial charge in [0.05, 0.1) is 23.2 Å². The number of alkyl halides is 3. The van der Waals surface area contributed by atoms with Gasteiger partial charge in [-0.15, -0.1) is 0 Å². The van der Waals surface area contributed by atoms with Crippen molar-refractivity contribution in [2.75, 3.05) is 19.4 Å². The second-order valence-electron chi connectivity index (χ2n) is 8.86. The molecule has 3 aromatic carbocycles. The molecule has 10 heteroatoms. The molecular formula is C27H29F4NO4S. The summed E-state index contributed by atoms with van der Waals surface area (Å²) in [5.41, 5.74) is 0.478. The molecule has 3 rings (SSSR count). The molecule has 0 bridgehead atoms.